The number of aryl methyl sites for hydroxylation is 1. The van der Waals surface area contributed by atoms with Crippen molar-refractivity contribution in [3.05, 3.63) is 88.6 Å². The molecule has 0 fully saturated rings. The van der Waals surface area contributed by atoms with Crippen LogP contribution >= 0.6 is 11.6 Å². The summed E-state index contributed by atoms with van der Waals surface area (Å²) in [6.45, 7) is 0.204. The van der Waals surface area contributed by atoms with E-state index in [0.29, 0.717) is 35.1 Å². The molecule has 1 unspecified atom stereocenters. The van der Waals surface area contributed by atoms with Gasteiger partial charge in [-0.1, -0.05) is 17.7 Å². The standard InChI is InChI=1S/C23H18ClFN4O3S/c24-22-14(3-2-10-28-33(31)32)5-7-17(25)21(22)23(30)15-6-8-18-19(11-15)29-20(13-27-18)16-4-1-9-26-12-16/h1,4-9,11-13,28H,2-3,10H2,(H,31,32)/p-1. The summed E-state index contributed by atoms with van der Waals surface area (Å²) in [5.74, 6) is -1.31. The van der Waals surface area contributed by atoms with Gasteiger partial charge in [-0.05, 0) is 54.8 Å². The minimum Gasteiger partial charge on any atom is -0.760 e. The van der Waals surface area contributed by atoms with Crippen LogP contribution in [0.5, 0.6) is 0 Å². The van der Waals surface area contributed by atoms with Crippen LogP contribution in [-0.2, 0) is 17.7 Å². The molecule has 4 rings (SSSR count). The summed E-state index contributed by atoms with van der Waals surface area (Å²) in [4.78, 5) is 26.2. The highest BCUT2D eigenvalue weighted by Crippen LogP contribution is 2.28. The number of benzene rings is 2. The zero-order chi connectivity index (χ0) is 23.4. The molecule has 0 aliphatic carbocycles. The number of nitrogens with zero attached hydrogens (tertiary/aromatic N) is 3. The SMILES string of the molecule is O=C(c1ccc2ncc(-c3cccnc3)nc2c1)c1c(F)ccc(CCCNS(=O)[O-])c1Cl. The first kappa shape index (κ1) is 23.1. The lowest BCUT2D eigenvalue weighted by atomic mass is 9.98. The van der Waals surface area contributed by atoms with Gasteiger partial charge in [0.25, 0.3) is 0 Å². The summed E-state index contributed by atoms with van der Waals surface area (Å²) in [6.07, 6.45) is 5.76. The summed E-state index contributed by atoms with van der Waals surface area (Å²) < 4.78 is 38.0. The van der Waals surface area contributed by atoms with Crippen molar-refractivity contribution in [3.63, 3.8) is 0 Å². The van der Waals surface area contributed by atoms with Gasteiger partial charge in [-0.25, -0.2) is 14.1 Å². The lowest BCUT2D eigenvalue weighted by molar-refractivity contribution is 0.103. The van der Waals surface area contributed by atoms with Gasteiger partial charge in [0.2, 0.25) is 0 Å². The first-order chi connectivity index (χ1) is 15.9. The van der Waals surface area contributed by atoms with Crippen molar-refractivity contribution in [2.45, 2.75) is 12.8 Å². The molecule has 0 radical (unpaired) electrons. The number of rotatable bonds is 8. The average molecular weight is 484 g/mol. The Balaban J connectivity index is 1.65. The van der Waals surface area contributed by atoms with Gasteiger partial charge in [-0.3, -0.25) is 19.0 Å². The fourth-order valence-corrected chi connectivity index (χ4v) is 4.03. The lowest BCUT2D eigenvalue weighted by Gasteiger charge is -2.12. The normalized spacial score (nSPS) is 12.1. The van der Waals surface area contributed by atoms with Crippen LogP contribution in [0.3, 0.4) is 0 Å². The third-order valence-corrected chi connectivity index (χ3v) is 5.87. The van der Waals surface area contributed by atoms with E-state index in [0.717, 1.165) is 5.56 Å². The van der Waals surface area contributed by atoms with Crippen LogP contribution in [-0.4, -0.2) is 36.0 Å². The fourth-order valence-electron chi connectivity index (χ4n) is 3.38. The van der Waals surface area contributed by atoms with E-state index in [4.69, 9.17) is 11.6 Å². The molecule has 0 aliphatic rings. The molecule has 1 N–H and O–H groups in total. The molecule has 4 aromatic rings. The van der Waals surface area contributed by atoms with E-state index in [1.54, 1.807) is 42.9 Å². The quantitative estimate of drug-likeness (QED) is 0.230. The highest BCUT2D eigenvalue weighted by molar-refractivity contribution is 7.77. The van der Waals surface area contributed by atoms with Crippen molar-refractivity contribution in [1.82, 2.24) is 19.7 Å². The monoisotopic (exact) mass is 483 g/mol. The zero-order valence-electron chi connectivity index (χ0n) is 17.1. The van der Waals surface area contributed by atoms with Crippen molar-refractivity contribution in [1.29, 1.82) is 0 Å². The van der Waals surface area contributed by atoms with E-state index in [9.17, 15) is 17.9 Å². The van der Waals surface area contributed by atoms with Gasteiger partial charge >= 0.3 is 0 Å². The highest BCUT2D eigenvalue weighted by atomic mass is 35.5. The number of carbonyl (C=O) groups excluding carboxylic acids is 1. The minimum absolute atomic E-state index is 0.0125. The number of pyridine rings is 1. The van der Waals surface area contributed by atoms with Gasteiger partial charge < -0.3 is 4.55 Å². The van der Waals surface area contributed by atoms with Gasteiger partial charge in [0.1, 0.15) is 5.82 Å². The predicted molar refractivity (Wildman–Crippen MR) is 123 cm³/mol. The van der Waals surface area contributed by atoms with E-state index in [1.165, 1.54) is 12.1 Å². The van der Waals surface area contributed by atoms with Crippen LogP contribution in [0.4, 0.5) is 4.39 Å². The summed E-state index contributed by atoms with van der Waals surface area (Å²) in [6, 6.07) is 11.1. The number of halogens is 2. The minimum atomic E-state index is -2.36. The van der Waals surface area contributed by atoms with E-state index in [1.807, 2.05) is 6.07 Å². The topological polar surface area (TPSA) is 108 Å². The van der Waals surface area contributed by atoms with Crippen molar-refractivity contribution < 1.29 is 17.9 Å². The van der Waals surface area contributed by atoms with Crippen molar-refractivity contribution >= 4 is 39.7 Å². The number of fused-ring (bicyclic) bond motifs is 1. The van der Waals surface area contributed by atoms with Gasteiger partial charge in [0.05, 0.1) is 33.5 Å². The second kappa shape index (κ2) is 10.2. The Labute approximate surface area is 196 Å². The number of hydrogen-bond acceptors (Lipinski definition) is 6. The summed E-state index contributed by atoms with van der Waals surface area (Å²) in [5.41, 5.74) is 2.99. The van der Waals surface area contributed by atoms with Crippen molar-refractivity contribution in [2.75, 3.05) is 6.54 Å². The predicted octanol–water partition coefficient (Wildman–Crippen LogP) is 4.03. The first-order valence-corrected chi connectivity index (χ1v) is 11.4. The van der Waals surface area contributed by atoms with Crippen molar-refractivity contribution in [3.8, 4) is 11.3 Å². The fraction of sp³-hybridized carbons (Fsp3) is 0.130. The molecular weight excluding hydrogens is 467 g/mol. The summed E-state index contributed by atoms with van der Waals surface area (Å²) >= 11 is 4.03. The number of carbonyl (C=O) groups is 1. The van der Waals surface area contributed by atoms with Crippen LogP contribution in [0, 0.1) is 5.82 Å². The molecule has 0 bridgehead atoms. The van der Waals surface area contributed by atoms with Crippen LogP contribution in [0.2, 0.25) is 5.02 Å². The molecule has 10 heteroatoms. The molecule has 33 heavy (non-hydrogen) atoms. The Hall–Kier alpha value is -3.11. The molecule has 2 aromatic heterocycles. The van der Waals surface area contributed by atoms with E-state index >= 15 is 0 Å². The average Bonchev–Trinajstić information content (AvgIpc) is 2.82. The molecule has 0 saturated heterocycles. The molecule has 168 valence electrons. The molecule has 2 aromatic carbocycles. The second-order valence-corrected chi connectivity index (χ2v) is 8.29. The number of ketones is 1. The van der Waals surface area contributed by atoms with E-state index < -0.39 is 22.9 Å². The van der Waals surface area contributed by atoms with Crippen LogP contribution in [0.1, 0.15) is 27.9 Å². The highest BCUT2D eigenvalue weighted by Gasteiger charge is 2.21. The van der Waals surface area contributed by atoms with Gasteiger partial charge in [0.15, 0.2) is 5.78 Å². The maximum absolute atomic E-state index is 14.6. The maximum Gasteiger partial charge on any atom is 0.197 e. The van der Waals surface area contributed by atoms with Gasteiger partial charge in [-0.15, -0.1) is 0 Å². The number of hydrogen-bond donors (Lipinski definition) is 1. The molecule has 7 nitrogen and oxygen atoms in total. The summed E-state index contributed by atoms with van der Waals surface area (Å²) in [7, 11) is 0. The second-order valence-electron chi connectivity index (χ2n) is 7.16. The molecular formula is C23H17ClFN4O3S-. The van der Waals surface area contributed by atoms with E-state index in [2.05, 4.69) is 19.7 Å². The Morgan fingerprint density at radius 3 is 2.76 bits per heavy atom. The Morgan fingerprint density at radius 2 is 2.00 bits per heavy atom. The lowest BCUT2D eigenvalue weighted by Crippen LogP contribution is -2.18. The smallest absolute Gasteiger partial charge is 0.197 e. The van der Waals surface area contributed by atoms with Gasteiger partial charge in [0, 0.05) is 41.3 Å². The van der Waals surface area contributed by atoms with Crippen LogP contribution < -0.4 is 4.72 Å². The van der Waals surface area contributed by atoms with Crippen molar-refractivity contribution in [2.24, 2.45) is 0 Å². The summed E-state index contributed by atoms with van der Waals surface area (Å²) in [5, 5.41) is 0.0125. The van der Waals surface area contributed by atoms with Gasteiger partial charge in [-0.2, -0.15) is 0 Å². The Kier molecular flexibility index (Phi) is 7.14. The number of aromatic nitrogens is 3. The third-order valence-electron chi connectivity index (χ3n) is 5.00. The van der Waals surface area contributed by atoms with Crippen LogP contribution in [0.25, 0.3) is 22.3 Å². The zero-order valence-corrected chi connectivity index (χ0v) is 18.7. The first-order valence-electron chi connectivity index (χ1n) is 9.95. The Bertz CT molecular complexity index is 1350. The molecule has 0 aliphatic heterocycles. The largest absolute Gasteiger partial charge is 0.760 e. The molecule has 1 atom stereocenters. The third kappa shape index (κ3) is 5.28. The maximum atomic E-state index is 14.6. The van der Waals surface area contributed by atoms with Crippen LogP contribution in [0.15, 0.2) is 61.1 Å². The molecule has 0 saturated carbocycles. The number of nitrogens with one attached hydrogen (secondary N) is 1. The Morgan fingerprint density at radius 1 is 1.15 bits per heavy atom. The molecule has 2 heterocycles. The molecule has 0 amide bonds. The van der Waals surface area contributed by atoms with E-state index in [-0.39, 0.29) is 22.7 Å². The molecule has 0 spiro atoms.